The molecule has 1 amide bonds. The van der Waals surface area contributed by atoms with Crippen LogP contribution in [0.4, 0.5) is 0 Å². The van der Waals surface area contributed by atoms with Crippen molar-refractivity contribution in [1.29, 1.82) is 0 Å². The lowest BCUT2D eigenvalue weighted by molar-refractivity contribution is -0.118. The quantitative estimate of drug-likeness (QED) is 0.767. The number of carbonyl (C=O) groups excluding carboxylic acids is 1. The molecule has 3 heteroatoms. The molecule has 1 aliphatic rings. The maximum atomic E-state index is 9.70. The molecular weight excluding hydrogens is 320 g/mol. The fraction of sp³-hybridized carbons (Fsp3) is 0.435. The van der Waals surface area contributed by atoms with Crippen LogP contribution in [0.25, 0.3) is 0 Å². The lowest BCUT2D eigenvalue weighted by Gasteiger charge is -2.22. The van der Waals surface area contributed by atoms with Crippen LogP contribution in [0.3, 0.4) is 0 Å². The third-order valence-corrected chi connectivity index (χ3v) is 3.60. The number of allylic oxidation sites excluding steroid dienone is 4. The second-order valence-electron chi connectivity index (χ2n) is 5.81. The van der Waals surface area contributed by atoms with Gasteiger partial charge in [-0.2, -0.15) is 0 Å². The third-order valence-electron chi connectivity index (χ3n) is 3.60. The highest BCUT2D eigenvalue weighted by Gasteiger charge is 2.06. The maximum absolute atomic E-state index is 9.70. The van der Waals surface area contributed by atoms with Crippen molar-refractivity contribution in [3.05, 3.63) is 71.8 Å². The molecule has 0 saturated heterocycles. The fourth-order valence-electron chi connectivity index (χ4n) is 2.36. The van der Waals surface area contributed by atoms with Crippen LogP contribution in [0.1, 0.15) is 46.1 Å². The van der Waals surface area contributed by atoms with Gasteiger partial charge >= 0.3 is 0 Å². The zero-order valence-corrected chi connectivity index (χ0v) is 17.2. The van der Waals surface area contributed by atoms with Crippen LogP contribution in [-0.2, 0) is 11.3 Å². The van der Waals surface area contributed by atoms with E-state index in [2.05, 4.69) is 77.9 Å². The van der Waals surface area contributed by atoms with E-state index in [0.717, 1.165) is 26.1 Å². The first-order chi connectivity index (χ1) is 12.7. The molecule has 2 rings (SSSR count). The van der Waals surface area contributed by atoms with Crippen LogP contribution in [0.5, 0.6) is 0 Å². The van der Waals surface area contributed by atoms with Crippen molar-refractivity contribution >= 4 is 5.91 Å². The lowest BCUT2D eigenvalue weighted by atomic mass is 10.1. The minimum atomic E-state index is 0.00463. The van der Waals surface area contributed by atoms with Crippen LogP contribution in [0, 0.1) is 0 Å². The van der Waals surface area contributed by atoms with Gasteiger partial charge in [-0.3, -0.25) is 9.69 Å². The van der Waals surface area contributed by atoms with Gasteiger partial charge in [-0.15, -0.1) is 0 Å². The summed E-state index contributed by atoms with van der Waals surface area (Å²) < 4.78 is 0. The van der Waals surface area contributed by atoms with Crippen LogP contribution in [-0.4, -0.2) is 30.9 Å². The van der Waals surface area contributed by atoms with E-state index in [-0.39, 0.29) is 5.91 Å². The highest BCUT2D eigenvalue weighted by Crippen LogP contribution is 2.11. The standard InChI is InChI=1S/C18H23N.C3H7NO.C2H6/c1-2-14-19(16-18-12-8-5-9-13-18)15-17-10-6-3-4-7-11-17;1-3(5)4-2;1-2/h3,5-13H,2,4,14-16H2,1H3;1-2H3,(H,4,5);1-2H3. The van der Waals surface area contributed by atoms with Crippen molar-refractivity contribution in [2.75, 3.05) is 20.1 Å². The Morgan fingerprint density at radius 2 is 1.77 bits per heavy atom. The molecule has 0 atom stereocenters. The fourth-order valence-corrected chi connectivity index (χ4v) is 2.36. The smallest absolute Gasteiger partial charge is 0.216 e. The van der Waals surface area contributed by atoms with Crippen molar-refractivity contribution in [3.8, 4) is 0 Å². The summed E-state index contributed by atoms with van der Waals surface area (Å²) >= 11 is 0. The first-order valence-electron chi connectivity index (χ1n) is 9.62. The Bertz CT molecular complexity index is 559. The minimum absolute atomic E-state index is 0.00463. The monoisotopic (exact) mass is 356 g/mol. The Balaban J connectivity index is 0.000000772. The Hall–Kier alpha value is -2.13. The number of nitrogens with one attached hydrogen (secondary N) is 1. The summed E-state index contributed by atoms with van der Waals surface area (Å²) in [5.41, 5.74) is 2.79. The van der Waals surface area contributed by atoms with E-state index in [1.807, 2.05) is 13.8 Å². The Kier molecular flexibility index (Phi) is 15.0. The summed E-state index contributed by atoms with van der Waals surface area (Å²) in [6, 6.07) is 10.7. The molecule has 0 unspecified atom stereocenters. The first kappa shape index (κ1) is 23.9. The first-order valence-corrected chi connectivity index (χ1v) is 9.62. The SMILES string of the molecule is CC.CCCN(CC1=CC=CCC=C1)Cc1ccccc1.CNC(C)=O. The van der Waals surface area contributed by atoms with E-state index in [1.165, 1.54) is 24.5 Å². The minimum Gasteiger partial charge on any atom is -0.359 e. The number of benzene rings is 1. The molecule has 1 N–H and O–H groups in total. The highest BCUT2D eigenvalue weighted by atomic mass is 16.1. The summed E-state index contributed by atoms with van der Waals surface area (Å²) in [6.45, 7) is 10.9. The van der Waals surface area contributed by atoms with Gasteiger partial charge in [0.1, 0.15) is 0 Å². The number of nitrogens with zero attached hydrogens (tertiary/aromatic N) is 1. The molecule has 26 heavy (non-hydrogen) atoms. The van der Waals surface area contributed by atoms with Crippen LogP contribution in [0.15, 0.2) is 66.3 Å². The number of rotatable bonds is 6. The average molecular weight is 357 g/mol. The number of amides is 1. The predicted molar refractivity (Wildman–Crippen MR) is 114 cm³/mol. The predicted octanol–water partition coefficient (Wildman–Crippen LogP) is 5.12. The van der Waals surface area contributed by atoms with Crippen LogP contribution in [0.2, 0.25) is 0 Å². The largest absolute Gasteiger partial charge is 0.359 e. The number of hydrogen-bond acceptors (Lipinski definition) is 2. The summed E-state index contributed by atoms with van der Waals surface area (Å²) in [5, 5.41) is 2.39. The average Bonchev–Trinajstić information content (AvgIpc) is 2.93. The normalized spacial score (nSPS) is 12.2. The summed E-state index contributed by atoms with van der Waals surface area (Å²) in [6.07, 6.45) is 13.3. The van der Waals surface area contributed by atoms with Gasteiger partial charge in [0.15, 0.2) is 0 Å². The molecule has 1 aliphatic carbocycles. The number of carbonyl (C=O) groups is 1. The molecule has 1 aromatic rings. The topological polar surface area (TPSA) is 32.3 Å². The van der Waals surface area contributed by atoms with Gasteiger partial charge in [-0.1, -0.05) is 81.5 Å². The van der Waals surface area contributed by atoms with Gasteiger partial charge < -0.3 is 5.32 Å². The third kappa shape index (κ3) is 12.3. The van der Waals surface area contributed by atoms with Gasteiger partial charge in [0.2, 0.25) is 5.91 Å². The van der Waals surface area contributed by atoms with E-state index >= 15 is 0 Å². The lowest BCUT2D eigenvalue weighted by Crippen LogP contribution is -2.26. The molecule has 0 radical (unpaired) electrons. The molecule has 0 aromatic heterocycles. The van der Waals surface area contributed by atoms with E-state index in [0.29, 0.717) is 0 Å². The summed E-state index contributed by atoms with van der Waals surface area (Å²) in [4.78, 5) is 12.2. The second kappa shape index (κ2) is 16.3. The molecule has 0 fully saturated rings. The van der Waals surface area contributed by atoms with E-state index in [1.54, 1.807) is 7.05 Å². The van der Waals surface area contributed by atoms with Crippen molar-refractivity contribution < 1.29 is 4.79 Å². The van der Waals surface area contributed by atoms with Gasteiger partial charge in [-0.05, 0) is 30.5 Å². The van der Waals surface area contributed by atoms with Crippen molar-refractivity contribution in [1.82, 2.24) is 10.2 Å². The van der Waals surface area contributed by atoms with E-state index in [9.17, 15) is 4.79 Å². The van der Waals surface area contributed by atoms with Gasteiger partial charge in [-0.25, -0.2) is 0 Å². The molecule has 1 aromatic carbocycles. The number of hydrogen-bond donors (Lipinski definition) is 1. The zero-order valence-electron chi connectivity index (χ0n) is 17.2. The van der Waals surface area contributed by atoms with Crippen molar-refractivity contribution in [2.24, 2.45) is 0 Å². The van der Waals surface area contributed by atoms with Gasteiger partial charge in [0.05, 0.1) is 0 Å². The Morgan fingerprint density at radius 3 is 2.35 bits per heavy atom. The molecule has 0 heterocycles. The van der Waals surface area contributed by atoms with Gasteiger partial charge in [0, 0.05) is 27.1 Å². The Labute approximate surface area is 160 Å². The van der Waals surface area contributed by atoms with Gasteiger partial charge in [0.25, 0.3) is 0 Å². The molecule has 0 spiro atoms. The van der Waals surface area contributed by atoms with Crippen molar-refractivity contribution in [2.45, 2.75) is 47.1 Å². The summed E-state index contributed by atoms with van der Waals surface area (Å²) in [5.74, 6) is 0.00463. The molecule has 3 nitrogen and oxygen atoms in total. The van der Waals surface area contributed by atoms with Crippen LogP contribution >= 0.6 is 0 Å². The van der Waals surface area contributed by atoms with E-state index < -0.39 is 0 Å². The molecule has 0 bridgehead atoms. The maximum Gasteiger partial charge on any atom is 0.216 e. The molecule has 0 aliphatic heterocycles. The second-order valence-corrected chi connectivity index (χ2v) is 5.81. The van der Waals surface area contributed by atoms with Crippen molar-refractivity contribution in [3.63, 3.8) is 0 Å². The zero-order chi connectivity index (χ0) is 19.6. The molecular formula is C23H36N2O. The molecule has 144 valence electrons. The molecule has 0 saturated carbocycles. The summed E-state index contributed by atoms with van der Waals surface area (Å²) in [7, 11) is 1.60. The Morgan fingerprint density at radius 1 is 1.12 bits per heavy atom. The van der Waals surface area contributed by atoms with E-state index in [4.69, 9.17) is 0 Å². The van der Waals surface area contributed by atoms with Crippen LogP contribution < -0.4 is 5.32 Å². The highest BCUT2D eigenvalue weighted by molar-refractivity contribution is 5.72.